The highest BCUT2D eigenvalue weighted by Crippen LogP contribution is 2.36. The van der Waals surface area contributed by atoms with Crippen LogP contribution in [0.3, 0.4) is 0 Å². The van der Waals surface area contributed by atoms with Gasteiger partial charge in [0.25, 0.3) is 5.91 Å². The number of para-hydroxylation sites is 1. The number of halogens is 1. The van der Waals surface area contributed by atoms with Crippen LogP contribution >= 0.6 is 11.6 Å². The number of methoxy groups -OCH3 is 1. The predicted octanol–water partition coefficient (Wildman–Crippen LogP) is 2.44. The van der Waals surface area contributed by atoms with Crippen molar-refractivity contribution < 1.29 is 28.4 Å². The molecule has 1 saturated heterocycles. The highest BCUT2D eigenvalue weighted by atomic mass is 35.5. The van der Waals surface area contributed by atoms with Gasteiger partial charge in [0.1, 0.15) is 0 Å². The largest absolute Gasteiger partial charge is 0.493 e. The van der Waals surface area contributed by atoms with Crippen molar-refractivity contribution in [2.24, 2.45) is 5.10 Å². The Kier molecular flexibility index (Phi) is 8.74. The van der Waals surface area contributed by atoms with Crippen LogP contribution in [0.1, 0.15) is 33.7 Å². The number of hydrogen-bond acceptors (Lipinski definition) is 13. The molecule has 6 rings (SSSR count). The maximum Gasteiger partial charge on any atom is 0.415 e. The summed E-state index contributed by atoms with van der Waals surface area (Å²) in [5.74, 6) is -0.236. The lowest BCUT2D eigenvalue weighted by molar-refractivity contribution is 0.0413. The summed E-state index contributed by atoms with van der Waals surface area (Å²) >= 11 is 6.44. The zero-order chi connectivity index (χ0) is 31.3. The number of nitrogens with one attached hydrogen (secondary N) is 1. The minimum atomic E-state index is -0.623. The third-order valence-electron chi connectivity index (χ3n) is 7.31. The van der Waals surface area contributed by atoms with Crippen LogP contribution in [0.15, 0.2) is 46.1 Å². The van der Waals surface area contributed by atoms with Crippen LogP contribution in [0.4, 0.5) is 16.3 Å². The molecule has 2 aliphatic rings. The number of amides is 2. The first-order chi connectivity index (χ1) is 21.9. The average Bonchev–Trinajstić information content (AvgIpc) is 3.68. The van der Waals surface area contributed by atoms with Gasteiger partial charge in [-0.15, -0.1) is 5.10 Å². The van der Waals surface area contributed by atoms with Crippen LogP contribution in [0.25, 0.3) is 5.82 Å². The van der Waals surface area contributed by atoms with Gasteiger partial charge in [-0.2, -0.15) is 9.78 Å². The number of aryl methyl sites for hydroxylation is 1. The van der Waals surface area contributed by atoms with Crippen molar-refractivity contribution in [3.05, 3.63) is 63.9 Å². The Morgan fingerprint density at radius 3 is 2.78 bits per heavy atom. The Morgan fingerprint density at radius 1 is 1.18 bits per heavy atom. The molecule has 2 amide bonds. The average molecular weight is 637 g/mol. The van der Waals surface area contributed by atoms with E-state index >= 15 is 0 Å². The molecule has 45 heavy (non-hydrogen) atoms. The minimum Gasteiger partial charge on any atom is -0.493 e. The second-order valence-electron chi connectivity index (χ2n) is 10.1. The molecule has 4 heterocycles. The summed E-state index contributed by atoms with van der Waals surface area (Å²) in [5.41, 5.74) is 11.6. The number of benzene rings is 2. The van der Waals surface area contributed by atoms with E-state index in [1.54, 1.807) is 6.07 Å². The molecule has 2 aliphatic heterocycles. The molecule has 2 aromatic carbocycles. The summed E-state index contributed by atoms with van der Waals surface area (Å²) < 4.78 is 22.3. The van der Waals surface area contributed by atoms with Crippen LogP contribution in [-0.4, -0.2) is 88.4 Å². The molecule has 0 spiro atoms. The molecule has 2 aromatic heterocycles. The van der Waals surface area contributed by atoms with E-state index in [-0.39, 0.29) is 40.4 Å². The first kappa shape index (κ1) is 29.8. The summed E-state index contributed by atoms with van der Waals surface area (Å²) in [4.78, 5) is 29.6. The number of carbonyl (C=O) groups excluding carboxylic acids is 2. The SMILES string of the molecule is COc1cc(C=NNC(=O)c2nnn(-c3nonc3N)c2CN2CCCc3ccccc32)cc(Cl)c1OC(=O)N1CCOCC1. The molecule has 0 bridgehead atoms. The molecule has 234 valence electrons. The molecule has 0 atom stereocenters. The van der Waals surface area contributed by atoms with E-state index in [0.29, 0.717) is 37.6 Å². The molecule has 0 aliphatic carbocycles. The van der Waals surface area contributed by atoms with E-state index in [9.17, 15) is 9.59 Å². The molecule has 16 nitrogen and oxygen atoms in total. The first-order valence-electron chi connectivity index (χ1n) is 14.0. The van der Waals surface area contributed by atoms with Gasteiger partial charge in [-0.1, -0.05) is 35.0 Å². The van der Waals surface area contributed by atoms with Crippen LogP contribution < -0.4 is 25.5 Å². The number of aromatic nitrogens is 5. The smallest absolute Gasteiger partial charge is 0.415 e. The Hall–Kier alpha value is -5.22. The number of hydrazone groups is 1. The Bertz CT molecular complexity index is 1730. The van der Waals surface area contributed by atoms with Gasteiger partial charge in [0.2, 0.25) is 11.6 Å². The maximum atomic E-state index is 13.4. The highest BCUT2D eigenvalue weighted by molar-refractivity contribution is 6.32. The molecular weight excluding hydrogens is 608 g/mol. The number of ether oxygens (including phenoxy) is 3. The van der Waals surface area contributed by atoms with Crippen molar-refractivity contribution in [1.29, 1.82) is 0 Å². The van der Waals surface area contributed by atoms with Gasteiger partial charge in [0.05, 0.1) is 43.8 Å². The molecule has 0 unspecified atom stereocenters. The number of anilines is 2. The summed E-state index contributed by atoms with van der Waals surface area (Å²) in [6.45, 7) is 2.71. The van der Waals surface area contributed by atoms with Crippen LogP contribution in [0, 0.1) is 0 Å². The number of fused-ring (bicyclic) bond motifs is 1. The lowest BCUT2D eigenvalue weighted by Crippen LogP contribution is -2.42. The molecule has 0 saturated carbocycles. The number of morpholine rings is 1. The Morgan fingerprint density at radius 2 is 2.00 bits per heavy atom. The molecule has 1 fully saturated rings. The van der Waals surface area contributed by atoms with Crippen LogP contribution in [0.2, 0.25) is 5.02 Å². The topological polar surface area (TPSA) is 188 Å². The first-order valence-corrected chi connectivity index (χ1v) is 14.4. The van der Waals surface area contributed by atoms with Gasteiger partial charge < -0.3 is 29.7 Å². The Balaban J connectivity index is 1.21. The maximum absolute atomic E-state index is 13.4. The van der Waals surface area contributed by atoms with Crippen molar-refractivity contribution >= 4 is 41.3 Å². The van der Waals surface area contributed by atoms with Gasteiger partial charge in [0, 0.05) is 25.3 Å². The van der Waals surface area contributed by atoms with E-state index in [0.717, 1.165) is 25.1 Å². The van der Waals surface area contributed by atoms with Crippen LogP contribution in [0.5, 0.6) is 11.5 Å². The fourth-order valence-electron chi connectivity index (χ4n) is 5.11. The number of carbonyl (C=O) groups is 2. The zero-order valence-electron chi connectivity index (χ0n) is 24.2. The van der Waals surface area contributed by atoms with Crippen molar-refractivity contribution in [1.82, 2.24) is 35.6 Å². The zero-order valence-corrected chi connectivity index (χ0v) is 24.9. The highest BCUT2D eigenvalue weighted by Gasteiger charge is 2.27. The fourth-order valence-corrected chi connectivity index (χ4v) is 5.37. The predicted molar refractivity (Wildman–Crippen MR) is 161 cm³/mol. The third-order valence-corrected chi connectivity index (χ3v) is 7.59. The quantitative estimate of drug-likeness (QED) is 0.213. The van der Waals surface area contributed by atoms with Gasteiger partial charge >= 0.3 is 6.09 Å². The second kappa shape index (κ2) is 13.2. The number of hydrogen-bond donors (Lipinski definition) is 2. The van der Waals surface area contributed by atoms with E-state index in [1.807, 2.05) is 18.2 Å². The molecule has 0 radical (unpaired) electrons. The number of rotatable bonds is 8. The summed E-state index contributed by atoms with van der Waals surface area (Å²) in [7, 11) is 1.42. The van der Waals surface area contributed by atoms with E-state index in [1.165, 1.54) is 34.5 Å². The van der Waals surface area contributed by atoms with E-state index in [2.05, 4.69) is 42.1 Å². The Labute approximate surface area is 261 Å². The lowest BCUT2D eigenvalue weighted by Gasteiger charge is -2.31. The third kappa shape index (κ3) is 6.37. The molecule has 17 heteroatoms. The summed E-state index contributed by atoms with van der Waals surface area (Å²) in [6.07, 6.45) is 2.70. The number of nitrogens with zero attached hydrogens (tertiary/aromatic N) is 8. The van der Waals surface area contributed by atoms with Crippen molar-refractivity contribution in [2.45, 2.75) is 19.4 Å². The van der Waals surface area contributed by atoms with Gasteiger partial charge in [-0.25, -0.2) is 14.8 Å². The van der Waals surface area contributed by atoms with Gasteiger partial charge in [-0.3, -0.25) is 4.79 Å². The van der Waals surface area contributed by atoms with Crippen molar-refractivity contribution in [2.75, 3.05) is 50.6 Å². The monoisotopic (exact) mass is 636 g/mol. The van der Waals surface area contributed by atoms with Crippen LogP contribution in [-0.2, 0) is 17.7 Å². The fraction of sp³-hybridized carbons (Fsp3) is 0.321. The number of nitrogens with two attached hydrogens (primary N) is 1. The molecular formula is C28H29ClN10O6. The van der Waals surface area contributed by atoms with Gasteiger partial charge in [-0.05, 0) is 52.5 Å². The molecule has 4 aromatic rings. The lowest BCUT2D eigenvalue weighted by atomic mass is 10.0. The second-order valence-corrected chi connectivity index (χ2v) is 10.5. The van der Waals surface area contributed by atoms with E-state index < -0.39 is 12.0 Å². The standard InChI is InChI=1S/C28H29ClN10O6/c1-42-22-14-17(13-19(29)24(22)44-28(41)37-9-11-43-12-10-37)15-31-33-27(40)23-21(39(36-32-23)26-25(30)34-45-35-26)16-38-8-4-6-18-5-2-3-7-20(18)38/h2-3,5,7,13-15H,4,6,8-12,16H2,1H3,(H2,30,34)(H,33,40). The minimum absolute atomic E-state index is 0.00456. The molecule has 3 N–H and O–H groups in total. The van der Waals surface area contributed by atoms with Crippen molar-refractivity contribution in [3.8, 4) is 17.3 Å². The number of nitrogen functional groups attached to an aromatic ring is 1. The van der Waals surface area contributed by atoms with Crippen molar-refractivity contribution in [3.63, 3.8) is 0 Å². The summed E-state index contributed by atoms with van der Waals surface area (Å²) in [6, 6.07) is 11.2. The van der Waals surface area contributed by atoms with Gasteiger partial charge in [0.15, 0.2) is 17.2 Å². The van der Waals surface area contributed by atoms with E-state index in [4.69, 9.17) is 36.2 Å². The summed E-state index contributed by atoms with van der Waals surface area (Å²) in [5, 5.41) is 19.9. The normalized spacial score (nSPS) is 14.8.